The van der Waals surface area contributed by atoms with Crippen molar-refractivity contribution in [1.29, 1.82) is 0 Å². The molecule has 0 radical (unpaired) electrons. The van der Waals surface area contributed by atoms with E-state index in [0.29, 0.717) is 0 Å². The van der Waals surface area contributed by atoms with E-state index in [2.05, 4.69) is 42.2 Å². The van der Waals surface area contributed by atoms with Crippen LogP contribution in [0.25, 0.3) is 0 Å². The van der Waals surface area contributed by atoms with Gasteiger partial charge in [0.1, 0.15) is 6.54 Å². The first-order valence-corrected chi connectivity index (χ1v) is 4.43. The highest BCUT2D eigenvalue weighted by molar-refractivity contribution is 9.25. The highest BCUT2D eigenvalue weighted by Crippen LogP contribution is 2.35. The third kappa shape index (κ3) is 1.81. The van der Waals surface area contributed by atoms with Crippen molar-refractivity contribution in [2.45, 2.75) is 3.36 Å². The normalized spacial score (nSPS) is 20.2. The third-order valence-corrected chi connectivity index (χ3v) is 2.07. The Morgan fingerprint density at radius 3 is 2.58 bits per heavy atom. The van der Waals surface area contributed by atoms with Crippen LogP contribution in [0.3, 0.4) is 0 Å². The fourth-order valence-corrected chi connectivity index (χ4v) is 1.15. The predicted octanol–water partition coefficient (Wildman–Crippen LogP) is 0.125. The Labute approximate surface area is 84.4 Å². The number of hydrogen-bond acceptors (Lipinski definition) is 4. The monoisotopic (exact) mass is 298 g/mol. The van der Waals surface area contributed by atoms with E-state index < -0.39 is 15.2 Å². The molecule has 1 rings (SSSR count). The highest BCUT2D eigenvalue weighted by atomic mass is 79.9. The lowest BCUT2D eigenvalue weighted by molar-refractivity contribution is -0.133. The molecule has 0 fully saturated rings. The number of nitrogens with zero attached hydrogens (tertiary/aromatic N) is 3. The Morgan fingerprint density at radius 1 is 1.67 bits per heavy atom. The van der Waals surface area contributed by atoms with Crippen LogP contribution in [0.2, 0.25) is 0 Å². The predicted molar refractivity (Wildman–Crippen MR) is 46.3 cm³/mol. The summed E-state index contributed by atoms with van der Waals surface area (Å²) in [6.45, 7) is -0.263. The fourth-order valence-electron chi connectivity index (χ4n) is 0.600. The van der Waals surface area contributed by atoms with Crippen molar-refractivity contribution in [3.05, 3.63) is 0 Å². The second-order valence-corrected chi connectivity index (χ2v) is 5.42. The van der Waals surface area contributed by atoms with Crippen LogP contribution in [-0.2, 0) is 9.59 Å². The SMILES string of the molecule is NC(=O)CN1N=NC(Br)(Br)C1=O. The van der Waals surface area contributed by atoms with Crippen LogP contribution < -0.4 is 5.73 Å². The summed E-state index contributed by atoms with van der Waals surface area (Å²) in [5, 5.41) is 7.82. The molecule has 1 aliphatic heterocycles. The third-order valence-electron chi connectivity index (χ3n) is 1.08. The van der Waals surface area contributed by atoms with Gasteiger partial charge in [-0.25, -0.2) is 5.01 Å². The number of primary amides is 1. The van der Waals surface area contributed by atoms with Crippen LogP contribution in [0.15, 0.2) is 10.3 Å². The number of nitrogens with two attached hydrogens (primary N) is 1. The van der Waals surface area contributed by atoms with Crippen LogP contribution in [0, 0.1) is 0 Å². The number of carbonyl (C=O) groups is 2. The Bertz CT molecular complexity index is 264. The van der Waals surface area contributed by atoms with E-state index in [1.807, 2.05) is 0 Å². The van der Waals surface area contributed by atoms with Gasteiger partial charge >= 0.3 is 0 Å². The summed E-state index contributed by atoms with van der Waals surface area (Å²) >= 11 is 5.90. The largest absolute Gasteiger partial charge is 0.368 e. The topological polar surface area (TPSA) is 88.1 Å². The van der Waals surface area contributed by atoms with Crippen molar-refractivity contribution in [3.8, 4) is 0 Å². The molecule has 0 atom stereocenters. The van der Waals surface area contributed by atoms with Crippen molar-refractivity contribution in [2.75, 3.05) is 6.54 Å². The smallest absolute Gasteiger partial charge is 0.296 e. The number of hydrogen-bond donors (Lipinski definition) is 1. The minimum atomic E-state index is -1.23. The van der Waals surface area contributed by atoms with E-state index in [4.69, 9.17) is 5.73 Å². The minimum Gasteiger partial charge on any atom is -0.368 e. The summed E-state index contributed by atoms with van der Waals surface area (Å²) in [6.07, 6.45) is 0. The van der Waals surface area contributed by atoms with Gasteiger partial charge in [-0.15, -0.1) is 5.11 Å². The molecule has 12 heavy (non-hydrogen) atoms. The zero-order valence-corrected chi connectivity index (χ0v) is 8.87. The molecule has 2 amide bonds. The molecule has 0 spiro atoms. The van der Waals surface area contributed by atoms with Crippen molar-refractivity contribution < 1.29 is 9.59 Å². The molecular weight excluding hydrogens is 296 g/mol. The molecule has 6 nitrogen and oxygen atoms in total. The molecule has 8 heteroatoms. The van der Waals surface area contributed by atoms with Gasteiger partial charge in [-0.2, -0.15) is 0 Å². The standard InChI is InChI=1S/C4H4Br2N4O2/c5-4(6)3(12)10(9-8-4)1-2(7)11/h1H2,(H2,7,11). The summed E-state index contributed by atoms with van der Waals surface area (Å²) in [7, 11) is 0. The number of alkyl halides is 2. The summed E-state index contributed by atoms with van der Waals surface area (Å²) < 4.78 is -1.23. The fraction of sp³-hybridized carbons (Fsp3) is 0.500. The maximum absolute atomic E-state index is 11.2. The van der Waals surface area contributed by atoms with Gasteiger partial charge in [0, 0.05) is 0 Å². The molecule has 0 aromatic heterocycles. The summed E-state index contributed by atoms with van der Waals surface area (Å²) in [5.74, 6) is -1.11. The van der Waals surface area contributed by atoms with Gasteiger partial charge in [0.25, 0.3) is 9.26 Å². The quantitative estimate of drug-likeness (QED) is 0.580. The second kappa shape index (κ2) is 3.09. The summed E-state index contributed by atoms with van der Waals surface area (Å²) in [6, 6.07) is 0. The molecular formula is C4H4Br2N4O2. The van der Waals surface area contributed by atoms with Crippen LogP contribution in [0.5, 0.6) is 0 Å². The van der Waals surface area contributed by atoms with Crippen molar-refractivity contribution in [1.82, 2.24) is 5.01 Å². The first kappa shape index (κ1) is 9.59. The Hall–Kier alpha value is -0.500. The van der Waals surface area contributed by atoms with Gasteiger partial charge in [0.05, 0.1) is 0 Å². The highest BCUT2D eigenvalue weighted by Gasteiger charge is 2.42. The average molecular weight is 300 g/mol. The van der Waals surface area contributed by atoms with Gasteiger partial charge < -0.3 is 5.73 Å². The zero-order chi connectivity index (χ0) is 9.35. The summed E-state index contributed by atoms with van der Waals surface area (Å²) in [5.41, 5.74) is 4.86. The van der Waals surface area contributed by atoms with Crippen LogP contribution in [0.1, 0.15) is 0 Å². The van der Waals surface area contributed by atoms with Crippen LogP contribution in [0.4, 0.5) is 0 Å². The molecule has 0 saturated carbocycles. The van der Waals surface area contributed by atoms with Gasteiger partial charge in [-0.05, 0) is 31.9 Å². The molecule has 1 heterocycles. The molecule has 1 aliphatic rings. The van der Waals surface area contributed by atoms with Crippen LogP contribution in [-0.4, -0.2) is 26.7 Å². The molecule has 0 aromatic rings. The molecule has 2 N–H and O–H groups in total. The molecule has 0 saturated heterocycles. The summed E-state index contributed by atoms with van der Waals surface area (Å²) in [4.78, 5) is 21.6. The van der Waals surface area contributed by atoms with Crippen molar-refractivity contribution >= 4 is 43.7 Å². The van der Waals surface area contributed by atoms with Gasteiger partial charge in [0.15, 0.2) is 0 Å². The molecule has 66 valence electrons. The number of amides is 2. The first-order chi connectivity index (χ1) is 5.43. The van der Waals surface area contributed by atoms with E-state index in [-0.39, 0.29) is 6.54 Å². The molecule has 0 aromatic carbocycles. The molecule has 0 unspecified atom stereocenters. The van der Waals surface area contributed by atoms with Crippen molar-refractivity contribution in [2.24, 2.45) is 16.1 Å². The average Bonchev–Trinajstić information content (AvgIpc) is 2.15. The zero-order valence-electron chi connectivity index (χ0n) is 5.70. The van der Waals surface area contributed by atoms with E-state index >= 15 is 0 Å². The van der Waals surface area contributed by atoms with Gasteiger partial charge in [-0.3, -0.25) is 9.59 Å². The number of halogens is 2. The maximum Gasteiger partial charge on any atom is 0.296 e. The molecule has 0 aliphatic carbocycles. The lowest BCUT2D eigenvalue weighted by Gasteiger charge is -2.09. The van der Waals surface area contributed by atoms with E-state index in [1.54, 1.807) is 0 Å². The van der Waals surface area contributed by atoms with E-state index in [1.165, 1.54) is 0 Å². The molecule has 0 bridgehead atoms. The maximum atomic E-state index is 11.2. The lowest BCUT2D eigenvalue weighted by atomic mass is 10.5. The van der Waals surface area contributed by atoms with E-state index in [9.17, 15) is 9.59 Å². The second-order valence-electron chi connectivity index (χ2n) is 2.06. The van der Waals surface area contributed by atoms with Gasteiger partial charge in [0.2, 0.25) is 5.91 Å². The van der Waals surface area contributed by atoms with E-state index in [0.717, 1.165) is 5.01 Å². The van der Waals surface area contributed by atoms with Gasteiger partial charge in [-0.1, -0.05) is 5.22 Å². The first-order valence-electron chi connectivity index (χ1n) is 2.84. The van der Waals surface area contributed by atoms with Crippen LogP contribution >= 0.6 is 31.9 Å². The lowest BCUT2D eigenvalue weighted by Crippen LogP contribution is -2.37. The number of carbonyl (C=O) groups excluding carboxylic acids is 2. The Kier molecular flexibility index (Phi) is 2.47. The van der Waals surface area contributed by atoms with Crippen molar-refractivity contribution in [3.63, 3.8) is 0 Å². The minimum absolute atomic E-state index is 0.263. The Balaban J connectivity index is 2.69. The Morgan fingerprint density at radius 2 is 2.25 bits per heavy atom. The number of rotatable bonds is 2.